The fraction of sp³-hybridized carbons (Fsp3) is 0.381. The molecule has 1 aliphatic rings. The van der Waals surface area contributed by atoms with Crippen LogP contribution in [0.2, 0.25) is 10.0 Å². The Morgan fingerprint density at radius 2 is 2.03 bits per heavy atom. The zero-order valence-electron chi connectivity index (χ0n) is 18.2. The van der Waals surface area contributed by atoms with Gasteiger partial charge in [0.25, 0.3) is 0 Å². The zero-order chi connectivity index (χ0) is 23.8. The monoisotopic (exact) mass is 493 g/mol. The van der Waals surface area contributed by atoms with Crippen molar-refractivity contribution < 1.29 is 13.9 Å². The second-order valence-electron chi connectivity index (χ2n) is 8.55. The molecular weight excluding hydrogens is 472 g/mol. The minimum Gasteiger partial charge on any atom is -0.444 e. The van der Waals surface area contributed by atoms with Crippen LogP contribution in [-0.4, -0.2) is 55.7 Å². The minimum atomic E-state index is -0.698. The van der Waals surface area contributed by atoms with Crippen LogP contribution in [0.15, 0.2) is 24.7 Å². The summed E-state index contributed by atoms with van der Waals surface area (Å²) in [6, 6.07) is 2.89. The Bertz CT molecular complexity index is 1210. The van der Waals surface area contributed by atoms with Crippen LogP contribution in [0.3, 0.4) is 0 Å². The van der Waals surface area contributed by atoms with Gasteiger partial charge < -0.3 is 20.3 Å². The lowest BCUT2D eigenvalue weighted by atomic mass is 10.2. The topological polar surface area (TPSA) is 105 Å². The molecule has 4 rings (SSSR count). The number of ether oxygens (including phenoxy) is 1. The van der Waals surface area contributed by atoms with Crippen LogP contribution >= 0.6 is 23.2 Å². The molecule has 12 heteroatoms. The van der Waals surface area contributed by atoms with Crippen molar-refractivity contribution >= 4 is 57.8 Å². The highest BCUT2D eigenvalue weighted by molar-refractivity contribution is 6.42. The van der Waals surface area contributed by atoms with E-state index in [2.05, 4.69) is 30.6 Å². The van der Waals surface area contributed by atoms with E-state index < -0.39 is 11.4 Å². The van der Waals surface area contributed by atoms with Gasteiger partial charge in [-0.1, -0.05) is 23.2 Å². The molecule has 0 radical (unpaired) electrons. The number of carbonyl (C=O) groups excluding carboxylic acids is 1. The molecule has 3 heterocycles. The van der Waals surface area contributed by atoms with Crippen molar-refractivity contribution in [3.63, 3.8) is 0 Å². The number of benzene rings is 1. The van der Waals surface area contributed by atoms with Gasteiger partial charge in [-0.2, -0.15) is 0 Å². The van der Waals surface area contributed by atoms with Crippen LogP contribution in [0.1, 0.15) is 27.2 Å². The van der Waals surface area contributed by atoms with Crippen LogP contribution in [0.25, 0.3) is 11.0 Å². The molecule has 1 aliphatic heterocycles. The second-order valence-corrected chi connectivity index (χ2v) is 9.34. The van der Waals surface area contributed by atoms with Crippen molar-refractivity contribution in [3.05, 3.63) is 40.5 Å². The molecule has 0 spiro atoms. The quantitative estimate of drug-likeness (QED) is 0.487. The number of fused-ring (bicyclic) bond motifs is 1. The zero-order valence-corrected chi connectivity index (χ0v) is 19.7. The highest BCUT2D eigenvalue weighted by Crippen LogP contribution is 2.32. The number of hydrogen-bond acceptors (Lipinski definition) is 8. The summed E-state index contributed by atoms with van der Waals surface area (Å²) in [6.45, 7) is 6.51. The molecule has 2 N–H and O–H groups in total. The number of rotatable bonds is 4. The molecule has 1 aromatic carbocycles. The van der Waals surface area contributed by atoms with Gasteiger partial charge in [-0.15, -0.1) is 0 Å². The van der Waals surface area contributed by atoms with Crippen molar-refractivity contribution in [2.75, 3.05) is 23.7 Å². The van der Waals surface area contributed by atoms with E-state index in [4.69, 9.17) is 27.9 Å². The van der Waals surface area contributed by atoms with E-state index in [9.17, 15) is 9.18 Å². The lowest BCUT2D eigenvalue weighted by molar-refractivity contribution is 0.0293. The normalized spacial score (nSPS) is 16.2. The largest absolute Gasteiger partial charge is 0.444 e. The van der Waals surface area contributed by atoms with Gasteiger partial charge in [0.05, 0.1) is 21.9 Å². The predicted molar refractivity (Wildman–Crippen MR) is 125 cm³/mol. The number of nitrogens with one attached hydrogen (secondary N) is 2. The third-order valence-corrected chi connectivity index (χ3v) is 5.62. The maximum atomic E-state index is 14.5. The minimum absolute atomic E-state index is 0.0523. The average Bonchev–Trinajstić information content (AvgIpc) is 3.22. The van der Waals surface area contributed by atoms with Crippen LogP contribution < -0.4 is 10.6 Å². The van der Waals surface area contributed by atoms with Gasteiger partial charge in [0.15, 0.2) is 11.6 Å². The van der Waals surface area contributed by atoms with Gasteiger partial charge in [0.2, 0.25) is 5.95 Å². The van der Waals surface area contributed by atoms with Crippen molar-refractivity contribution in [2.24, 2.45) is 0 Å². The number of anilines is 3. The molecule has 3 aromatic rings. The third-order valence-electron chi connectivity index (χ3n) is 4.84. The van der Waals surface area contributed by atoms with Gasteiger partial charge in [-0.25, -0.2) is 29.1 Å². The molecule has 33 heavy (non-hydrogen) atoms. The first-order valence-corrected chi connectivity index (χ1v) is 11.0. The summed E-state index contributed by atoms with van der Waals surface area (Å²) in [6.07, 6.45) is 3.23. The van der Waals surface area contributed by atoms with Gasteiger partial charge in [-0.3, -0.25) is 0 Å². The van der Waals surface area contributed by atoms with Crippen molar-refractivity contribution in [1.82, 2.24) is 24.8 Å². The van der Waals surface area contributed by atoms with E-state index in [1.54, 1.807) is 11.1 Å². The van der Waals surface area contributed by atoms with Crippen LogP contribution in [0.5, 0.6) is 0 Å². The Kier molecular flexibility index (Phi) is 6.40. The first-order valence-electron chi connectivity index (χ1n) is 10.2. The highest BCUT2D eigenvalue weighted by Gasteiger charge is 2.30. The molecular formula is C21H22Cl2FN7O2. The maximum Gasteiger partial charge on any atom is 0.410 e. The molecule has 0 saturated carbocycles. The summed E-state index contributed by atoms with van der Waals surface area (Å²) < 4.78 is 19.9. The van der Waals surface area contributed by atoms with E-state index in [-0.39, 0.29) is 33.7 Å². The molecule has 0 aliphatic carbocycles. The van der Waals surface area contributed by atoms with Gasteiger partial charge in [-0.05, 0) is 39.3 Å². The molecule has 1 atom stereocenters. The average molecular weight is 494 g/mol. The Hall–Kier alpha value is -2.98. The van der Waals surface area contributed by atoms with E-state index in [0.29, 0.717) is 36.5 Å². The van der Waals surface area contributed by atoms with E-state index in [1.165, 1.54) is 18.5 Å². The van der Waals surface area contributed by atoms with Crippen molar-refractivity contribution in [2.45, 2.75) is 38.8 Å². The predicted octanol–water partition coefficient (Wildman–Crippen LogP) is 5.03. The molecule has 174 valence electrons. The highest BCUT2D eigenvalue weighted by atomic mass is 35.5. The van der Waals surface area contributed by atoms with Crippen molar-refractivity contribution in [3.8, 4) is 0 Å². The standard InChI is InChI=1S/C21H22Cl2FN7O2/c1-21(2,3)33-20(32)31-7-6-11(9-31)28-19-25-8-14-17(30-19)18(27-10-26-14)29-13-5-4-12(22)15(23)16(13)24/h4-5,8,10-11H,6-7,9H2,1-3H3,(H,25,28,30)(H,26,27,29). The number of hydrogen-bond donors (Lipinski definition) is 2. The van der Waals surface area contributed by atoms with E-state index >= 15 is 0 Å². The number of halogens is 3. The van der Waals surface area contributed by atoms with E-state index in [0.717, 1.165) is 0 Å². The number of aromatic nitrogens is 4. The Morgan fingerprint density at radius 3 is 2.79 bits per heavy atom. The first-order chi connectivity index (χ1) is 15.6. The summed E-state index contributed by atoms with van der Waals surface area (Å²) in [5, 5.41) is 6.05. The molecule has 9 nitrogen and oxygen atoms in total. The smallest absolute Gasteiger partial charge is 0.410 e. The van der Waals surface area contributed by atoms with E-state index in [1.807, 2.05) is 20.8 Å². The molecule has 1 unspecified atom stereocenters. The number of carbonyl (C=O) groups is 1. The number of nitrogens with zero attached hydrogens (tertiary/aromatic N) is 5. The number of amides is 1. The van der Waals surface area contributed by atoms with Crippen molar-refractivity contribution in [1.29, 1.82) is 0 Å². The van der Waals surface area contributed by atoms with Gasteiger partial charge >= 0.3 is 6.09 Å². The molecule has 2 aromatic heterocycles. The summed E-state index contributed by atoms with van der Waals surface area (Å²) in [4.78, 5) is 31.1. The van der Waals surface area contributed by atoms with Gasteiger partial charge in [0, 0.05) is 19.1 Å². The summed E-state index contributed by atoms with van der Waals surface area (Å²) in [5.41, 5.74) is 0.408. The second kappa shape index (κ2) is 9.11. The molecule has 1 amide bonds. The summed E-state index contributed by atoms with van der Waals surface area (Å²) in [7, 11) is 0. The molecule has 1 fully saturated rings. The summed E-state index contributed by atoms with van der Waals surface area (Å²) in [5.74, 6) is -0.0768. The fourth-order valence-electron chi connectivity index (χ4n) is 3.32. The van der Waals surface area contributed by atoms with Gasteiger partial charge in [0.1, 0.15) is 23.0 Å². The Morgan fingerprint density at radius 1 is 1.24 bits per heavy atom. The Balaban J connectivity index is 1.52. The van der Waals surface area contributed by atoms with Crippen LogP contribution in [-0.2, 0) is 4.74 Å². The fourth-order valence-corrected chi connectivity index (χ4v) is 3.63. The molecule has 0 bridgehead atoms. The Labute approximate surface area is 199 Å². The molecule has 1 saturated heterocycles. The summed E-state index contributed by atoms with van der Waals surface area (Å²) >= 11 is 11.8. The van der Waals surface area contributed by atoms with Crippen LogP contribution in [0, 0.1) is 5.82 Å². The number of likely N-dealkylation sites (tertiary alicyclic amines) is 1. The third kappa shape index (κ3) is 5.33. The maximum absolute atomic E-state index is 14.5. The lowest BCUT2D eigenvalue weighted by Crippen LogP contribution is -2.36. The van der Waals surface area contributed by atoms with Crippen LogP contribution in [0.4, 0.5) is 26.6 Å². The SMILES string of the molecule is CC(C)(C)OC(=O)N1CCC(Nc2ncc3ncnc(Nc4ccc(Cl)c(Cl)c4F)c3n2)C1. The lowest BCUT2D eigenvalue weighted by Gasteiger charge is -2.24. The first kappa shape index (κ1) is 23.2.